The summed E-state index contributed by atoms with van der Waals surface area (Å²) in [5, 5.41) is 3.06. The van der Waals surface area contributed by atoms with Gasteiger partial charge in [0.1, 0.15) is 5.82 Å². The number of rotatable bonds is 8. The molecule has 1 aliphatic rings. The summed E-state index contributed by atoms with van der Waals surface area (Å²) in [7, 11) is -1.62. The number of nitrogens with one attached hydrogen (secondary N) is 1. The number of para-hydroxylation sites is 1. The molecule has 192 valence electrons. The molecule has 37 heavy (non-hydrogen) atoms. The number of nitrogens with zero attached hydrogens (tertiary/aromatic N) is 3. The number of benzene rings is 3. The summed E-state index contributed by atoms with van der Waals surface area (Å²) in [6.45, 7) is 1.13. The summed E-state index contributed by atoms with van der Waals surface area (Å²) >= 11 is 0. The van der Waals surface area contributed by atoms with Gasteiger partial charge in [0, 0.05) is 38.7 Å². The highest BCUT2D eigenvalue weighted by Gasteiger charge is 2.26. The van der Waals surface area contributed by atoms with Crippen LogP contribution in [0.4, 0.5) is 5.69 Å². The van der Waals surface area contributed by atoms with Crippen molar-refractivity contribution in [2.24, 2.45) is 7.05 Å². The minimum absolute atomic E-state index is 0.0825. The first-order chi connectivity index (χ1) is 17.9. The second kappa shape index (κ2) is 10.9. The molecule has 0 bridgehead atoms. The average molecular weight is 517 g/mol. The van der Waals surface area contributed by atoms with E-state index in [-0.39, 0.29) is 17.2 Å². The Hall–Kier alpha value is -3.49. The predicted octanol–water partition coefficient (Wildman–Crippen LogP) is 4.91. The number of hydrogen-bond donors (Lipinski definition) is 1. The van der Waals surface area contributed by atoms with Crippen LogP contribution in [0.3, 0.4) is 0 Å². The minimum atomic E-state index is -3.52. The Balaban J connectivity index is 1.27. The summed E-state index contributed by atoms with van der Waals surface area (Å²) < 4.78 is 29.7. The quantitative estimate of drug-likeness (QED) is 0.361. The first kappa shape index (κ1) is 25.2. The van der Waals surface area contributed by atoms with Gasteiger partial charge in [-0.15, -0.1) is 0 Å². The van der Waals surface area contributed by atoms with E-state index in [0.717, 1.165) is 48.3 Å². The molecule has 0 saturated carbocycles. The van der Waals surface area contributed by atoms with Gasteiger partial charge in [0.05, 0.1) is 15.9 Å². The van der Waals surface area contributed by atoms with E-state index in [1.807, 2.05) is 60.1 Å². The standard InChI is InChI=1S/C29H32N4O3S/c1-32-27-15-14-24(37(35,36)33-18-8-3-9-19-33)21-26(27)30-28(32)16-17-29(34)31-25-13-7-6-12-23(25)20-22-10-4-2-5-11-22/h2,4-7,10-15,21H,3,8-9,16-20H2,1H3,(H,31,34). The maximum absolute atomic E-state index is 13.1. The lowest BCUT2D eigenvalue weighted by Gasteiger charge is -2.25. The Bertz CT molecular complexity index is 1510. The van der Waals surface area contributed by atoms with Crippen LogP contribution in [-0.2, 0) is 34.7 Å². The lowest BCUT2D eigenvalue weighted by atomic mass is 10.0. The number of carbonyl (C=O) groups excluding carboxylic acids is 1. The molecular formula is C29H32N4O3S. The maximum Gasteiger partial charge on any atom is 0.243 e. The highest BCUT2D eigenvalue weighted by molar-refractivity contribution is 7.89. The molecule has 1 aromatic heterocycles. The molecule has 3 aromatic carbocycles. The number of hydrogen-bond acceptors (Lipinski definition) is 4. The first-order valence-electron chi connectivity index (χ1n) is 12.8. The number of piperidine rings is 1. The molecule has 1 fully saturated rings. The largest absolute Gasteiger partial charge is 0.331 e. The van der Waals surface area contributed by atoms with Crippen LogP contribution < -0.4 is 5.32 Å². The van der Waals surface area contributed by atoms with E-state index in [1.165, 1.54) is 5.56 Å². The number of amides is 1. The number of imidazole rings is 1. The maximum atomic E-state index is 13.1. The van der Waals surface area contributed by atoms with Crippen LogP contribution in [0.25, 0.3) is 11.0 Å². The lowest BCUT2D eigenvalue weighted by molar-refractivity contribution is -0.116. The molecule has 5 rings (SSSR count). The number of sulfonamides is 1. The molecule has 0 radical (unpaired) electrons. The van der Waals surface area contributed by atoms with E-state index in [9.17, 15) is 13.2 Å². The summed E-state index contributed by atoms with van der Waals surface area (Å²) in [4.78, 5) is 17.8. The van der Waals surface area contributed by atoms with Crippen molar-refractivity contribution in [3.8, 4) is 0 Å². The van der Waals surface area contributed by atoms with Gasteiger partial charge in [0.15, 0.2) is 0 Å². The fourth-order valence-electron chi connectivity index (χ4n) is 4.92. The van der Waals surface area contributed by atoms with Crippen LogP contribution in [0.5, 0.6) is 0 Å². The zero-order chi connectivity index (χ0) is 25.8. The zero-order valence-electron chi connectivity index (χ0n) is 21.1. The van der Waals surface area contributed by atoms with Crippen molar-refractivity contribution in [3.63, 3.8) is 0 Å². The monoisotopic (exact) mass is 516 g/mol. The predicted molar refractivity (Wildman–Crippen MR) is 146 cm³/mol. The Morgan fingerprint density at radius 1 is 0.946 bits per heavy atom. The molecule has 1 aliphatic heterocycles. The van der Waals surface area contributed by atoms with Gasteiger partial charge in [-0.25, -0.2) is 13.4 Å². The highest BCUT2D eigenvalue weighted by atomic mass is 32.2. The third kappa shape index (κ3) is 5.60. The molecule has 0 unspecified atom stereocenters. The normalized spacial score (nSPS) is 14.6. The van der Waals surface area contributed by atoms with Gasteiger partial charge in [-0.1, -0.05) is 55.0 Å². The minimum Gasteiger partial charge on any atom is -0.331 e. The third-order valence-electron chi connectivity index (χ3n) is 7.00. The molecule has 1 amide bonds. The summed E-state index contributed by atoms with van der Waals surface area (Å²) in [6.07, 6.45) is 4.33. The summed E-state index contributed by atoms with van der Waals surface area (Å²) in [6, 6.07) is 23.2. The van der Waals surface area contributed by atoms with Crippen LogP contribution in [0.2, 0.25) is 0 Å². The van der Waals surface area contributed by atoms with Crippen LogP contribution >= 0.6 is 0 Å². The first-order valence-corrected chi connectivity index (χ1v) is 14.2. The van der Waals surface area contributed by atoms with E-state index in [2.05, 4.69) is 22.4 Å². The molecular weight excluding hydrogens is 484 g/mol. The van der Waals surface area contributed by atoms with Crippen molar-refractivity contribution in [1.29, 1.82) is 0 Å². The molecule has 0 aliphatic carbocycles. The number of aromatic nitrogens is 2. The van der Waals surface area contributed by atoms with Crippen molar-refractivity contribution >= 4 is 32.7 Å². The summed E-state index contributed by atoms with van der Waals surface area (Å²) in [5.74, 6) is 0.663. The number of anilines is 1. The fraction of sp³-hybridized carbons (Fsp3) is 0.310. The Labute approximate surface area is 218 Å². The lowest BCUT2D eigenvalue weighted by Crippen LogP contribution is -2.35. The van der Waals surface area contributed by atoms with Gasteiger partial charge in [0.25, 0.3) is 0 Å². The highest BCUT2D eigenvalue weighted by Crippen LogP contribution is 2.25. The van der Waals surface area contributed by atoms with Gasteiger partial charge >= 0.3 is 0 Å². The van der Waals surface area contributed by atoms with Crippen LogP contribution in [-0.4, -0.2) is 41.3 Å². The van der Waals surface area contributed by atoms with E-state index >= 15 is 0 Å². The van der Waals surface area contributed by atoms with Crippen LogP contribution in [0, 0.1) is 0 Å². The third-order valence-corrected chi connectivity index (χ3v) is 8.90. The molecule has 7 nitrogen and oxygen atoms in total. The van der Waals surface area contributed by atoms with Crippen molar-refractivity contribution in [2.45, 2.75) is 43.4 Å². The second-order valence-corrected chi connectivity index (χ2v) is 11.5. The Morgan fingerprint density at radius 3 is 2.46 bits per heavy atom. The Kier molecular flexibility index (Phi) is 7.39. The molecule has 1 N–H and O–H groups in total. The zero-order valence-corrected chi connectivity index (χ0v) is 21.9. The van der Waals surface area contributed by atoms with Crippen molar-refractivity contribution in [3.05, 3.63) is 89.7 Å². The SMILES string of the molecule is Cn1c(CCC(=O)Nc2ccccc2Cc2ccccc2)nc2cc(S(=O)(=O)N3CCCCC3)ccc21. The smallest absolute Gasteiger partial charge is 0.243 e. The molecule has 0 atom stereocenters. The molecule has 2 heterocycles. The van der Waals surface area contributed by atoms with Gasteiger partial charge in [-0.3, -0.25) is 4.79 Å². The average Bonchev–Trinajstić information content (AvgIpc) is 3.24. The van der Waals surface area contributed by atoms with Crippen molar-refractivity contribution in [2.75, 3.05) is 18.4 Å². The van der Waals surface area contributed by atoms with E-state index < -0.39 is 10.0 Å². The Morgan fingerprint density at radius 2 is 1.68 bits per heavy atom. The van der Waals surface area contributed by atoms with Gasteiger partial charge in [-0.05, 0) is 54.7 Å². The second-order valence-electron chi connectivity index (χ2n) is 9.57. The van der Waals surface area contributed by atoms with Crippen LogP contribution in [0.15, 0.2) is 77.7 Å². The number of aryl methyl sites for hydroxylation is 2. The van der Waals surface area contributed by atoms with E-state index in [0.29, 0.717) is 25.0 Å². The van der Waals surface area contributed by atoms with Gasteiger partial charge in [0.2, 0.25) is 15.9 Å². The summed E-state index contributed by atoms with van der Waals surface area (Å²) in [5.41, 5.74) is 4.54. The molecule has 8 heteroatoms. The van der Waals surface area contributed by atoms with Crippen molar-refractivity contribution < 1.29 is 13.2 Å². The van der Waals surface area contributed by atoms with Crippen LogP contribution in [0.1, 0.15) is 42.6 Å². The molecule has 1 saturated heterocycles. The molecule has 4 aromatic rings. The van der Waals surface area contributed by atoms with Gasteiger partial charge in [-0.2, -0.15) is 4.31 Å². The van der Waals surface area contributed by atoms with Gasteiger partial charge < -0.3 is 9.88 Å². The van der Waals surface area contributed by atoms with Crippen molar-refractivity contribution in [1.82, 2.24) is 13.9 Å². The number of carbonyl (C=O) groups is 1. The topological polar surface area (TPSA) is 84.3 Å². The molecule has 0 spiro atoms. The fourth-order valence-corrected chi connectivity index (χ4v) is 6.46. The number of fused-ring (bicyclic) bond motifs is 1. The van der Waals surface area contributed by atoms with E-state index in [4.69, 9.17) is 0 Å². The van der Waals surface area contributed by atoms with E-state index in [1.54, 1.807) is 16.4 Å².